The van der Waals surface area contributed by atoms with Crippen LogP contribution in [0.4, 0.5) is 4.39 Å². The molecule has 0 radical (unpaired) electrons. The Labute approximate surface area is 130 Å². The summed E-state index contributed by atoms with van der Waals surface area (Å²) in [6, 6.07) is 16.4. The monoisotopic (exact) mass is 297 g/mol. The second-order valence-electron chi connectivity index (χ2n) is 5.87. The van der Waals surface area contributed by atoms with Crippen LogP contribution in [0.25, 0.3) is 0 Å². The highest BCUT2D eigenvalue weighted by molar-refractivity contribution is 5.97. The Bertz CT molecular complexity index is 633. The molecule has 1 heterocycles. The molecule has 0 N–H and O–H groups in total. The molecule has 3 rings (SSSR count). The molecule has 3 heteroatoms. The van der Waals surface area contributed by atoms with Crippen molar-refractivity contribution in [2.75, 3.05) is 13.1 Å². The molecule has 2 aromatic rings. The molecular weight excluding hydrogens is 277 g/mol. The average Bonchev–Trinajstić information content (AvgIpc) is 2.58. The Balaban J connectivity index is 1.57. The number of hydrogen-bond acceptors (Lipinski definition) is 2. The van der Waals surface area contributed by atoms with E-state index in [2.05, 4.69) is 4.90 Å². The van der Waals surface area contributed by atoms with Gasteiger partial charge in [0, 0.05) is 23.6 Å². The molecule has 0 saturated carbocycles. The summed E-state index contributed by atoms with van der Waals surface area (Å²) in [6.45, 7) is 2.31. The van der Waals surface area contributed by atoms with Crippen LogP contribution >= 0.6 is 0 Å². The molecular formula is C19H20FNO. The Kier molecular flexibility index (Phi) is 4.64. The van der Waals surface area contributed by atoms with Crippen molar-refractivity contribution >= 4 is 5.78 Å². The van der Waals surface area contributed by atoms with Gasteiger partial charge < -0.3 is 0 Å². The van der Waals surface area contributed by atoms with Crippen molar-refractivity contribution in [3.63, 3.8) is 0 Å². The average molecular weight is 297 g/mol. The molecule has 2 aromatic carbocycles. The fraction of sp³-hybridized carbons (Fsp3) is 0.316. The number of halogens is 1. The summed E-state index contributed by atoms with van der Waals surface area (Å²) in [5.41, 5.74) is 1.53. The molecule has 0 unspecified atom stereocenters. The fourth-order valence-corrected chi connectivity index (χ4v) is 3.06. The van der Waals surface area contributed by atoms with Gasteiger partial charge in [-0.2, -0.15) is 0 Å². The van der Waals surface area contributed by atoms with Gasteiger partial charge in [-0.3, -0.25) is 9.69 Å². The predicted octanol–water partition coefficient (Wildman–Crippen LogP) is 3.92. The van der Waals surface area contributed by atoms with E-state index in [4.69, 9.17) is 0 Å². The van der Waals surface area contributed by atoms with E-state index in [0.717, 1.165) is 37.1 Å². The summed E-state index contributed by atoms with van der Waals surface area (Å²) in [5.74, 6) is 0.190. The minimum atomic E-state index is -0.148. The summed E-state index contributed by atoms with van der Waals surface area (Å²) in [4.78, 5) is 14.7. The van der Waals surface area contributed by atoms with Crippen LogP contribution in [0.3, 0.4) is 0 Å². The zero-order chi connectivity index (χ0) is 15.4. The standard InChI is InChI=1S/C19H20FNO/c20-18-9-5-4-8-17(18)14-21-12-10-16(11-13-21)19(22)15-6-2-1-3-7-15/h1-9,16H,10-14H2. The van der Waals surface area contributed by atoms with Gasteiger partial charge in [-0.1, -0.05) is 48.5 Å². The SMILES string of the molecule is O=C(c1ccccc1)C1CCN(Cc2ccccc2F)CC1. The lowest BCUT2D eigenvalue weighted by atomic mass is 9.89. The number of piperidine rings is 1. The first-order valence-electron chi connectivity index (χ1n) is 7.79. The lowest BCUT2D eigenvalue weighted by Crippen LogP contribution is -2.36. The van der Waals surface area contributed by atoms with Crippen molar-refractivity contribution in [3.8, 4) is 0 Å². The van der Waals surface area contributed by atoms with Gasteiger partial charge in [-0.05, 0) is 32.0 Å². The van der Waals surface area contributed by atoms with Gasteiger partial charge in [0.2, 0.25) is 0 Å². The Morgan fingerprint density at radius 3 is 2.32 bits per heavy atom. The number of likely N-dealkylation sites (tertiary alicyclic amines) is 1. The maximum absolute atomic E-state index is 13.7. The van der Waals surface area contributed by atoms with Gasteiger partial charge in [0.1, 0.15) is 5.82 Å². The van der Waals surface area contributed by atoms with Crippen LogP contribution in [0.2, 0.25) is 0 Å². The molecule has 0 atom stereocenters. The number of carbonyl (C=O) groups is 1. The third-order valence-corrected chi connectivity index (χ3v) is 4.37. The molecule has 0 spiro atoms. The van der Waals surface area contributed by atoms with Crippen molar-refractivity contribution < 1.29 is 9.18 Å². The number of nitrogens with zero attached hydrogens (tertiary/aromatic N) is 1. The largest absolute Gasteiger partial charge is 0.299 e. The zero-order valence-electron chi connectivity index (χ0n) is 12.5. The lowest BCUT2D eigenvalue weighted by molar-refractivity contribution is 0.0834. The van der Waals surface area contributed by atoms with E-state index in [1.54, 1.807) is 6.07 Å². The van der Waals surface area contributed by atoms with Crippen LogP contribution < -0.4 is 0 Å². The van der Waals surface area contributed by atoms with Crippen molar-refractivity contribution in [1.29, 1.82) is 0 Å². The molecule has 1 fully saturated rings. The third-order valence-electron chi connectivity index (χ3n) is 4.37. The van der Waals surface area contributed by atoms with Crippen LogP contribution in [0.15, 0.2) is 54.6 Å². The minimum Gasteiger partial charge on any atom is -0.299 e. The van der Waals surface area contributed by atoms with Gasteiger partial charge in [0.25, 0.3) is 0 Å². The molecule has 0 aromatic heterocycles. The Morgan fingerprint density at radius 1 is 1.00 bits per heavy atom. The van der Waals surface area contributed by atoms with Crippen LogP contribution in [-0.4, -0.2) is 23.8 Å². The van der Waals surface area contributed by atoms with Gasteiger partial charge in [-0.25, -0.2) is 4.39 Å². The second kappa shape index (κ2) is 6.84. The maximum Gasteiger partial charge on any atom is 0.166 e. The normalized spacial score (nSPS) is 16.6. The van der Waals surface area contributed by atoms with Gasteiger partial charge >= 0.3 is 0 Å². The van der Waals surface area contributed by atoms with Crippen LogP contribution in [0.1, 0.15) is 28.8 Å². The van der Waals surface area contributed by atoms with E-state index in [-0.39, 0.29) is 17.5 Å². The topological polar surface area (TPSA) is 20.3 Å². The molecule has 0 bridgehead atoms. The summed E-state index contributed by atoms with van der Waals surface area (Å²) >= 11 is 0. The molecule has 1 aliphatic rings. The number of hydrogen-bond donors (Lipinski definition) is 0. The van der Waals surface area contributed by atoms with Crippen LogP contribution in [0.5, 0.6) is 0 Å². The molecule has 0 aliphatic carbocycles. The van der Waals surface area contributed by atoms with E-state index < -0.39 is 0 Å². The van der Waals surface area contributed by atoms with Crippen LogP contribution in [-0.2, 0) is 6.54 Å². The molecule has 114 valence electrons. The zero-order valence-corrected chi connectivity index (χ0v) is 12.5. The van der Waals surface area contributed by atoms with E-state index in [0.29, 0.717) is 6.54 Å². The van der Waals surface area contributed by atoms with Crippen molar-refractivity contribution in [1.82, 2.24) is 4.90 Å². The smallest absolute Gasteiger partial charge is 0.166 e. The predicted molar refractivity (Wildman–Crippen MR) is 85.2 cm³/mol. The second-order valence-corrected chi connectivity index (χ2v) is 5.87. The number of carbonyl (C=O) groups excluding carboxylic acids is 1. The first-order valence-corrected chi connectivity index (χ1v) is 7.79. The highest BCUT2D eigenvalue weighted by Gasteiger charge is 2.25. The highest BCUT2D eigenvalue weighted by atomic mass is 19.1. The fourth-order valence-electron chi connectivity index (χ4n) is 3.06. The van der Waals surface area contributed by atoms with Gasteiger partial charge in [0.15, 0.2) is 5.78 Å². The molecule has 22 heavy (non-hydrogen) atoms. The number of benzene rings is 2. The number of ketones is 1. The van der Waals surface area contributed by atoms with E-state index in [1.165, 1.54) is 6.07 Å². The van der Waals surface area contributed by atoms with Crippen molar-refractivity contribution in [3.05, 3.63) is 71.5 Å². The Hall–Kier alpha value is -2.00. The van der Waals surface area contributed by atoms with Gasteiger partial charge in [0.05, 0.1) is 0 Å². The molecule has 0 amide bonds. The summed E-state index contributed by atoms with van der Waals surface area (Å²) in [7, 11) is 0. The Morgan fingerprint density at radius 2 is 1.64 bits per heavy atom. The summed E-state index contributed by atoms with van der Waals surface area (Å²) in [5, 5.41) is 0. The number of Topliss-reactive ketones (excluding diaryl/α,β-unsaturated/α-hetero) is 1. The first kappa shape index (κ1) is 14.9. The summed E-state index contributed by atoms with van der Waals surface area (Å²) in [6.07, 6.45) is 1.70. The minimum absolute atomic E-state index is 0.0965. The van der Waals surface area contributed by atoms with Gasteiger partial charge in [-0.15, -0.1) is 0 Å². The van der Waals surface area contributed by atoms with Crippen molar-refractivity contribution in [2.45, 2.75) is 19.4 Å². The van der Waals surface area contributed by atoms with E-state index in [9.17, 15) is 9.18 Å². The van der Waals surface area contributed by atoms with Crippen molar-refractivity contribution in [2.24, 2.45) is 5.92 Å². The highest BCUT2D eigenvalue weighted by Crippen LogP contribution is 2.23. The lowest BCUT2D eigenvalue weighted by Gasteiger charge is -2.31. The third kappa shape index (κ3) is 3.42. The number of rotatable bonds is 4. The maximum atomic E-state index is 13.7. The molecule has 2 nitrogen and oxygen atoms in total. The first-order chi connectivity index (χ1) is 10.7. The quantitative estimate of drug-likeness (QED) is 0.797. The van der Waals surface area contributed by atoms with E-state index in [1.807, 2.05) is 42.5 Å². The molecule has 1 aliphatic heterocycles. The van der Waals surface area contributed by atoms with Crippen LogP contribution in [0, 0.1) is 11.7 Å². The van der Waals surface area contributed by atoms with E-state index >= 15 is 0 Å². The summed E-state index contributed by atoms with van der Waals surface area (Å²) < 4.78 is 13.7. The molecule has 1 saturated heterocycles.